The molecule has 152 valence electrons. The number of halogens is 2. The lowest BCUT2D eigenvalue weighted by atomic mass is 10.1. The Balaban J connectivity index is 2.45. The highest BCUT2D eigenvalue weighted by atomic mass is 32.1. The summed E-state index contributed by atoms with van der Waals surface area (Å²) in [7, 11) is 3.10. The molecule has 28 heavy (non-hydrogen) atoms. The SMILES string of the molecule is CCCOC(=O)c1c(NC(=O)c2ccnn2C(F)F)sc(C(=O)N(C)C)c1C. The second-order valence-electron chi connectivity index (χ2n) is 5.99. The van der Waals surface area contributed by atoms with Gasteiger partial charge in [-0.25, -0.2) is 4.79 Å². The maximum absolute atomic E-state index is 13.0. The topological polar surface area (TPSA) is 93.5 Å². The van der Waals surface area contributed by atoms with Gasteiger partial charge in [0.25, 0.3) is 11.8 Å². The molecule has 2 aromatic rings. The van der Waals surface area contributed by atoms with Crippen LogP contribution >= 0.6 is 11.3 Å². The van der Waals surface area contributed by atoms with E-state index in [1.165, 1.54) is 4.90 Å². The molecule has 0 saturated carbocycles. The molecular weight excluding hydrogens is 394 g/mol. The number of nitrogens with zero attached hydrogens (tertiary/aromatic N) is 3. The van der Waals surface area contributed by atoms with Crippen LogP contribution in [0.3, 0.4) is 0 Å². The molecule has 0 bridgehead atoms. The van der Waals surface area contributed by atoms with Crippen LogP contribution in [0.1, 0.15) is 56.0 Å². The van der Waals surface area contributed by atoms with Crippen molar-refractivity contribution in [2.45, 2.75) is 26.8 Å². The van der Waals surface area contributed by atoms with Crippen LogP contribution < -0.4 is 5.32 Å². The minimum absolute atomic E-state index is 0.0279. The molecule has 0 saturated heterocycles. The standard InChI is InChI=1S/C17H20F2N4O4S/c1-5-8-27-16(26)11-9(2)12(15(25)22(3)4)28-14(11)21-13(24)10-6-7-20-23(10)17(18)19/h6-7,17H,5,8H2,1-4H3,(H,21,24). The average Bonchev–Trinajstić information content (AvgIpc) is 3.24. The van der Waals surface area contributed by atoms with Gasteiger partial charge in [-0.1, -0.05) is 6.92 Å². The number of esters is 1. The van der Waals surface area contributed by atoms with E-state index in [0.29, 0.717) is 12.0 Å². The maximum atomic E-state index is 13.0. The van der Waals surface area contributed by atoms with Crippen molar-refractivity contribution in [1.82, 2.24) is 14.7 Å². The van der Waals surface area contributed by atoms with E-state index in [9.17, 15) is 23.2 Å². The molecule has 0 fully saturated rings. The quantitative estimate of drug-likeness (QED) is 0.703. The van der Waals surface area contributed by atoms with Crippen LogP contribution in [0.15, 0.2) is 12.3 Å². The highest BCUT2D eigenvalue weighted by Gasteiger charge is 2.28. The average molecular weight is 414 g/mol. The molecule has 0 aliphatic carbocycles. The number of thiophene rings is 1. The summed E-state index contributed by atoms with van der Waals surface area (Å²) < 4.78 is 31.3. The number of carbonyl (C=O) groups excluding carboxylic acids is 3. The second kappa shape index (κ2) is 8.91. The van der Waals surface area contributed by atoms with Gasteiger partial charge in [0.05, 0.1) is 17.0 Å². The summed E-state index contributed by atoms with van der Waals surface area (Å²) in [5.41, 5.74) is -0.00278. The van der Waals surface area contributed by atoms with E-state index in [-0.39, 0.29) is 38.3 Å². The molecule has 0 aliphatic heterocycles. The maximum Gasteiger partial charge on any atom is 0.341 e. The van der Waals surface area contributed by atoms with Crippen LogP contribution in [0.5, 0.6) is 0 Å². The van der Waals surface area contributed by atoms with Crippen molar-refractivity contribution >= 4 is 34.1 Å². The Hall–Kier alpha value is -2.82. The molecule has 0 radical (unpaired) electrons. The number of carbonyl (C=O) groups is 3. The molecule has 2 rings (SSSR count). The summed E-state index contributed by atoms with van der Waals surface area (Å²) in [5.74, 6) is -1.94. The minimum atomic E-state index is -3.00. The summed E-state index contributed by atoms with van der Waals surface area (Å²) >= 11 is 0.883. The van der Waals surface area contributed by atoms with E-state index in [2.05, 4.69) is 10.4 Å². The molecule has 8 nitrogen and oxygen atoms in total. The lowest BCUT2D eigenvalue weighted by Crippen LogP contribution is -2.21. The van der Waals surface area contributed by atoms with Gasteiger partial charge in [-0.3, -0.25) is 9.59 Å². The second-order valence-corrected chi connectivity index (χ2v) is 7.01. The van der Waals surface area contributed by atoms with Gasteiger partial charge in [0.15, 0.2) is 0 Å². The zero-order chi connectivity index (χ0) is 21.0. The van der Waals surface area contributed by atoms with Crippen molar-refractivity contribution in [3.05, 3.63) is 34.0 Å². The fraction of sp³-hybridized carbons (Fsp3) is 0.412. The van der Waals surface area contributed by atoms with Gasteiger partial charge in [0, 0.05) is 20.3 Å². The summed E-state index contributed by atoms with van der Waals surface area (Å²) in [6.45, 7) is 0.551. The van der Waals surface area contributed by atoms with Crippen molar-refractivity contribution in [1.29, 1.82) is 0 Å². The number of hydrogen-bond acceptors (Lipinski definition) is 6. The summed E-state index contributed by atoms with van der Waals surface area (Å²) in [6.07, 6.45) is 1.66. The molecule has 2 amide bonds. The third-order valence-electron chi connectivity index (χ3n) is 3.70. The Labute approximate surface area is 164 Å². The molecule has 0 atom stereocenters. The smallest absolute Gasteiger partial charge is 0.341 e. The first-order valence-electron chi connectivity index (χ1n) is 8.34. The van der Waals surface area contributed by atoms with Crippen molar-refractivity contribution < 1.29 is 27.9 Å². The monoisotopic (exact) mass is 414 g/mol. The molecule has 2 aromatic heterocycles. The Bertz CT molecular complexity index is 892. The minimum Gasteiger partial charge on any atom is -0.462 e. The van der Waals surface area contributed by atoms with E-state index in [1.807, 2.05) is 6.92 Å². The van der Waals surface area contributed by atoms with Crippen molar-refractivity contribution in [2.75, 3.05) is 26.0 Å². The van der Waals surface area contributed by atoms with Crippen LogP contribution in [-0.2, 0) is 4.74 Å². The number of alkyl halides is 2. The third kappa shape index (κ3) is 4.35. The molecule has 11 heteroatoms. The van der Waals surface area contributed by atoms with E-state index >= 15 is 0 Å². The van der Waals surface area contributed by atoms with Gasteiger partial charge < -0.3 is 15.0 Å². The van der Waals surface area contributed by atoms with Crippen LogP contribution in [0.2, 0.25) is 0 Å². The molecule has 0 unspecified atom stereocenters. The summed E-state index contributed by atoms with van der Waals surface area (Å²) in [6, 6.07) is 1.13. The molecule has 0 aromatic carbocycles. The number of aromatic nitrogens is 2. The lowest BCUT2D eigenvalue weighted by Gasteiger charge is -2.09. The van der Waals surface area contributed by atoms with Crippen molar-refractivity contribution in [3.8, 4) is 0 Å². The number of ether oxygens (including phenoxy) is 1. The number of nitrogens with one attached hydrogen (secondary N) is 1. The summed E-state index contributed by atoms with van der Waals surface area (Å²) in [4.78, 5) is 38.9. The number of anilines is 1. The molecule has 0 spiro atoms. The van der Waals surface area contributed by atoms with Crippen LogP contribution in [-0.4, -0.2) is 53.2 Å². The first-order chi connectivity index (χ1) is 13.2. The number of hydrogen-bond donors (Lipinski definition) is 1. The van der Waals surface area contributed by atoms with Gasteiger partial charge in [-0.05, 0) is 25.0 Å². The highest BCUT2D eigenvalue weighted by molar-refractivity contribution is 7.18. The Kier molecular flexibility index (Phi) is 6.84. The molecule has 2 heterocycles. The van der Waals surface area contributed by atoms with Gasteiger partial charge in [0.2, 0.25) is 0 Å². The number of amides is 2. The Morgan fingerprint density at radius 1 is 1.36 bits per heavy atom. The molecular formula is C17H20F2N4O4S. The van der Waals surface area contributed by atoms with Gasteiger partial charge in [-0.2, -0.15) is 18.6 Å². The zero-order valence-corrected chi connectivity index (χ0v) is 16.6. The predicted octanol–water partition coefficient (Wildman–Crippen LogP) is 3.17. The predicted molar refractivity (Wildman–Crippen MR) is 99.1 cm³/mol. The summed E-state index contributed by atoms with van der Waals surface area (Å²) in [5, 5.41) is 5.89. The first kappa shape index (κ1) is 21.5. The molecule has 0 aliphatic rings. The Morgan fingerprint density at radius 3 is 2.61 bits per heavy atom. The van der Waals surface area contributed by atoms with Crippen LogP contribution in [0, 0.1) is 6.92 Å². The van der Waals surface area contributed by atoms with E-state index < -0.39 is 18.4 Å². The first-order valence-corrected chi connectivity index (χ1v) is 9.15. The fourth-order valence-corrected chi connectivity index (χ4v) is 3.55. The van der Waals surface area contributed by atoms with Gasteiger partial charge in [-0.15, -0.1) is 11.3 Å². The van der Waals surface area contributed by atoms with Crippen LogP contribution in [0.4, 0.5) is 13.8 Å². The van der Waals surface area contributed by atoms with Crippen molar-refractivity contribution in [2.24, 2.45) is 0 Å². The van der Waals surface area contributed by atoms with Gasteiger partial charge >= 0.3 is 12.5 Å². The third-order valence-corrected chi connectivity index (χ3v) is 4.90. The molecule has 1 N–H and O–H groups in total. The normalized spacial score (nSPS) is 10.8. The van der Waals surface area contributed by atoms with E-state index in [4.69, 9.17) is 4.74 Å². The highest BCUT2D eigenvalue weighted by Crippen LogP contribution is 2.35. The number of rotatable bonds is 7. The van der Waals surface area contributed by atoms with Gasteiger partial charge in [0.1, 0.15) is 10.7 Å². The van der Waals surface area contributed by atoms with E-state index in [0.717, 1.165) is 23.6 Å². The lowest BCUT2D eigenvalue weighted by molar-refractivity contribution is 0.0503. The zero-order valence-electron chi connectivity index (χ0n) is 15.8. The van der Waals surface area contributed by atoms with E-state index in [1.54, 1.807) is 21.0 Å². The van der Waals surface area contributed by atoms with Crippen LogP contribution in [0.25, 0.3) is 0 Å². The largest absolute Gasteiger partial charge is 0.462 e. The fourth-order valence-electron chi connectivity index (χ4n) is 2.34. The van der Waals surface area contributed by atoms with Crippen molar-refractivity contribution in [3.63, 3.8) is 0 Å². The Morgan fingerprint density at radius 2 is 2.04 bits per heavy atom.